The second kappa shape index (κ2) is 5.66. The monoisotopic (exact) mass is 282 g/mol. The predicted molar refractivity (Wildman–Crippen MR) is 78.8 cm³/mol. The van der Waals surface area contributed by atoms with E-state index in [2.05, 4.69) is 10.5 Å². The van der Waals surface area contributed by atoms with E-state index in [0.29, 0.717) is 11.3 Å². The van der Waals surface area contributed by atoms with Crippen LogP contribution in [-0.2, 0) is 0 Å². The van der Waals surface area contributed by atoms with Gasteiger partial charge in [-0.3, -0.25) is 4.79 Å². The molecule has 5 nitrogen and oxygen atoms in total. The number of fused-ring (bicyclic) bond motifs is 1. The highest BCUT2D eigenvalue weighted by Gasteiger charge is 2.12. The number of amides is 1. The summed E-state index contributed by atoms with van der Waals surface area (Å²) in [6, 6.07) is 12.8. The van der Waals surface area contributed by atoms with Gasteiger partial charge >= 0.3 is 0 Å². The molecule has 5 heteroatoms. The lowest BCUT2D eigenvalue weighted by molar-refractivity contribution is 0.0954. The van der Waals surface area contributed by atoms with Crippen LogP contribution in [-0.4, -0.2) is 18.9 Å². The van der Waals surface area contributed by atoms with Crippen molar-refractivity contribution >= 4 is 12.1 Å². The number of carbonyl (C=O) groups is 1. The fourth-order valence-electron chi connectivity index (χ4n) is 2.05. The summed E-state index contributed by atoms with van der Waals surface area (Å²) < 4.78 is 10.5. The Bertz CT molecular complexity index is 710. The van der Waals surface area contributed by atoms with Gasteiger partial charge in [0.25, 0.3) is 5.91 Å². The van der Waals surface area contributed by atoms with Crippen molar-refractivity contribution < 1.29 is 14.3 Å². The van der Waals surface area contributed by atoms with Crippen LogP contribution in [0.1, 0.15) is 21.5 Å². The summed E-state index contributed by atoms with van der Waals surface area (Å²) in [5.74, 6) is 1.17. The number of aryl methyl sites for hydroxylation is 1. The first kappa shape index (κ1) is 13.2. The van der Waals surface area contributed by atoms with Crippen molar-refractivity contribution in [2.75, 3.05) is 6.79 Å². The van der Waals surface area contributed by atoms with Gasteiger partial charge in [0, 0.05) is 5.56 Å². The zero-order valence-corrected chi connectivity index (χ0v) is 11.5. The van der Waals surface area contributed by atoms with Crippen molar-refractivity contribution in [3.63, 3.8) is 0 Å². The largest absolute Gasteiger partial charge is 0.454 e. The van der Waals surface area contributed by atoms with Crippen molar-refractivity contribution in [3.05, 3.63) is 59.2 Å². The molecule has 106 valence electrons. The molecule has 1 amide bonds. The molecular formula is C16H14N2O3. The van der Waals surface area contributed by atoms with E-state index in [9.17, 15) is 4.79 Å². The maximum Gasteiger partial charge on any atom is 0.271 e. The second-order valence-electron chi connectivity index (χ2n) is 4.63. The van der Waals surface area contributed by atoms with Crippen LogP contribution in [0.5, 0.6) is 11.5 Å². The smallest absolute Gasteiger partial charge is 0.271 e. The highest BCUT2D eigenvalue weighted by Crippen LogP contribution is 2.31. The van der Waals surface area contributed by atoms with Gasteiger partial charge in [0.15, 0.2) is 11.5 Å². The molecule has 0 saturated carbocycles. The molecule has 0 unspecified atom stereocenters. The van der Waals surface area contributed by atoms with Crippen LogP contribution >= 0.6 is 0 Å². The summed E-state index contributed by atoms with van der Waals surface area (Å²) in [6.07, 6.45) is 1.57. The third-order valence-corrected chi connectivity index (χ3v) is 3.17. The lowest BCUT2D eigenvalue weighted by Gasteiger charge is -2.03. The van der Waals surface area contributed by atoms with Crippen molar-refractivity contribution in [2.45, 2.75) is 6.92 Å². The number of benzene rings is 2. The number of hydrogen-bond donors (Lipinski definition) is 1. The van der Waals surface area contributed by atoms with Crippen LogP contribution in [0.25, 0.3) is 0 Å². The van der Waals surface area contributed by atoms with E-state index in [4.69, 9.17) is 9.47 Å². The molecule has 2 aromatic rings. The molecule has 1 aliphatic rings. The molecule has 2 aromatic carbocycles. The van der Waals surface area contributed by atoms with E-state index in [1.165, 1.54) is 0 Å². The quantitative estimate of drug-likeness (QED) is 0.695. The summed E-state index contributed by atoms with van der Waals surface area (Å²) in [5, 5.41) is 3.96. The Hall–Kier alpha value is -2.82. The van der Waals surface area contributed by atoms with E-state index in [1.807, 2.05) is 43.3 Å². The minimum Gasteiger partial charge on any atom is -0.454 e. The molecule has 0 aromatic heterocycles. The summed E-state index contributed by atoms with van der Waals surface area (Å²) >= 11 is 0. The minimum absolute atomic E-state index is 0.231. The summed E-state index contributed by atoms with van der Waals surface area (Å²) in [7, 11) is 0. The maximum absolute atomic E-state index is 12.0. The van der Waals surface area contributed by atoms with Crippen LogP contribution < -0.4 is 14.9 Å². The molecule has 21 heavy (non-hydrogen) atoms. The van der Waals surface area contributed by atoms with Crippen LogP contribution in [0.15, 0.2) is 47.6 Å². The van der Waals surface area contributed by atoms with E-state index >= 15 is 0 Å². The van der Waals surface area contributed by atoms with E-state index < -0.39 is 0 Å². The zero-order chi connectivity index (χ0) is 14.7. The van der Waals surface area contributed by atoms with Crippen LogP contribution in [0.2, 0.25) is 0 Å². The number of ether oxygens (including phenoxy) is 2. The molecule has 0 aliphatic carbocycles. The fourth-order valence-corrected chi connectivity index (χ4v) is 2.05. The number of rotatable bonds is 3. The zero-order valence-electron chi connectivity index (χ0n) is 11.5. The van der Waals surface area contributed by atoms with Crippen LogP contribution in [0, 0.1) is 6.92 Å². The first-order chi connectivity index (χ1) is 10.2. The first-order valence-electron chi connectivity index (χ1n) is 6.53. The topological polar surface area (TPSA) is 59.9 Å². The van der Waals surface area contributed by atoms with Crippen molar-refractivity contribution in [1.82, 2.24) is 5.43 Å². The van der Waals surface area contributed by atoms with Crippen molar-refractivity contribution in [3.8, 4) is 11.5 Å². The van der Waals surface area contributed by atoms with Crippen molar-refractivity contribution in [2.24, 2.45) is 5.10 Å². The number of carbonyl (C=O) groups excluding carboxylic acids is 1. The van der Waals surface area contributed by atoms with Gasteiger partial charge in [-0.25, -0.2) is 5.43 Å². The Morgan fingerprint density at radius 2 is 2.00 bits per heavy atom. The molecule has 0 radical (unpaired) electrons. The van der Waals surface area contributed by atoms with Gasteiger partial charge in [0.05, 0.1) is 6.21 Å². The predicted octanol–water partition coefficient (Wildman–Crippen LogP) is 2.49. The standard InChI is InChI=1S/C16H14N2O3/c1-11-4-2-3-5-13(11)16(19)18-17-9-12-6-7-14-15(8-12)21-10-20-14/h2-9H,10H2,1H3,(H,18,19)/b17-9+. The third-order valence-electron chi connectivity index (χ3n) is 3.17. The van der Waals surface area contributed by atoms with Crippen LogP contribution in [0.4, 0.5) is 0 Å². The molecule has 0 fully saturated rings. The second-order valence-corrected chi connectivity index (χ2v) is 4.63. The Labute approximate surface area is 122 Å². The molecule has 0 atom stereocenters. The summed E-state index contributed by atoms with van der Waals surface area (Å²) in [6.45, 7) is 2.12. The molecular weight excluding hydrogens is 268 g/mol. The summed E-state index contributed by atoms with van der Waals surface area (Å²) in [4.78, 5) is 12.0. The maximum atomic E-state index is 12.0. The average molecular weight is 282 g/mol. The number of hydrazone groups is 1. The molecule has 0 spiro atoms. The number of hydrogen-bond acceptors (Lipinski definition) is 4. The van der Waals surface area contributed by atoms with Gasteiger partial charge < -0.3 is 9.47 Å². The Morgan fingerprint density at radius 3 is 2.86 bits per heavy atom. The van der Waals surface area contributed by atoms with Gasteiger partial charge in [-0.1, -0.05) is 18.2 Å². The third kappa shape index (κ3) is 2.86. The fraction of sp³-hybridized carbons (Fsp3) is 0.125. The van der Waals surface area contributed by atoms with Gasteiger partial charge in [-0.2, -0.15) is 5.10 Å². The Balaban J connectivity index is 1.67. The van der Waals surface area contributed by atoms with Crippen molar-refractivity contribution in [1.29, 1.82) is 0 Å². The molecule has 1 aliphatic heterocycles. The van der Waals surface area contributed by atoms with Gasteiger partial charge in [0.2, 0.25) is 6.79 Å². The SMILES string of the molecule is Cc1ccccc1C(=O)N/N=C/c1ccc2c(c1)OCO2. The lowest BCUT2D eigenvalue weighted by Crippen LogP contribution is -2.18. The highest BCUT2D eigenvalue weighted by molar-refractivity contribution is 5.96. The molecule has 1 heterocycles. The van der Waals surface area contributed by atoms with Gasteiger partial charge in [-0.05, 0) is 42.3 Å². The van der Waals surface area contributed by atoms with Gasteiger partial charge in [0.1, 0.15) is 0 Å². The Kier molecular flexibility index (Phi) is 3.55. The lowest BCUT2D eigenvalue weighted by atomic mass is 10.1. The minimum atomic E-state index is -0.231. The first-order valence-corrected chi connectivity index (χ1v) is 6.53. The molecule has 0 bridgehead atoms. The average Bonchev–Trinajstić information content (AvgIpc) is 2.95. The normalized spacial score (nSPS) is 12.6. The molecule has 3 rings (SSSR count). The highest BCUT2D eigenvalue weighted by atomic mass is 16.7. The van der Waals surface area contributed by atoms with Crippen LogP contribution in [0.3, 0.4) is 0 Å². The van der Waals surface area contributed by atoms with E-state index in [-0.39, 0.29) is 12.7 Å². The van der Waals surface area contributed by atoms with E-state index in [0.717, 1.165) is 16.9 Å². The Morgan fingerprint density at radius 1 is 1.19 bits per heavy atom. The number of nitrogens with zero attached hydrogens (tertiary/aromatic N) is 1. The molecule has 0 saturated heterocycles. The molecule has 1 N–H and O–H groups in total. The summed E-state index contributed by atoms with van der Waals surface area (Å²) in [5.41, 5.74) is 4.86. The van der Waals surface area contributed by atoms with Gasteiger partial charge in [-0.15, -0.1) is 0 Å². The number of nitrogens with one attached hydrogen (secondary N) is 1. The van der Waals surface area contributed by atoms with E-state index in [1.54, 1.807) is 12.3 Å².